The first kappa shape index (κ1) is 10.9. The van der Waals surface area contributed by atoms with Gasteiger partial charge < -0.3 is 5.73 Å². The number of hydrogen-bond donors (Lipinski definition) is 2. The van der Waals surface area contributed by atoms with Crippen LogP contribution in [-0.2, 0) is 4.79 Å². The minimum Gasteiger partial charge on any atom is -0.368 e. The minimum absolute atomic E-state index is 0.265. The Morgan fingerprint density at radius 3 is 2.80 bits per heavy atom. The van der Waals surface area contributed by atoms with Crippen LogP contribution in [0.4, 0.5) is 0 Å². The van der Waals surface area contributed by atoms with Crippen molar-refractivity contribution < 1.29 is 4.79 Å². The van der Waals surface area contributed by atoms with Crippen LogP contribution in [0.2, 0.25) is 0 Å². The molecule has 0 aromatic rings. The molecule has 0 spiro atoms. The van der Waals surface area contributed by atoms with Crippen LogP contribution in [0, 0.1) is 0 Å². The summed E-state index contributed by atoms with van der Waals surface area (Å²) >= 11 is 0. The molecule has 86 valence electrons. The van der Waals surface area contributed by atoms with Crippen LogP contribution < -0.4 is 11.1 Å². The van der Waals surface area contributed by atoms with E-state index < -0.39 is 5.54 Å². The van der Waals surface area contributed by atoms with E-state index >= 15 is 0 Å². The summed E-state index contributed by atoms with van der Waals surface area (Å²) < 4.78 is 0. The van der Waals surface area contributed by atoms with Crippen LogP contribution >= 0.6 is 0 Å². The lowest BCUT2D eigenvalue weighted by Crippen LogP contribution is -2.56. The van der Waals surface area contributed by atoms with Crippen molar-refractivity contribution in [1.82, 2.24) is 10.2 Å². The average molecular weight is 211 g/mol. The van der Waals surface area contributed by atoms with Crippen molar-refractivity contribution in [3.05, 3.63) is 0 Å². The summed E-state index contributed by atoms with van der Waals surface area (Å²) in [5, 5.41) is 3.41. The Hall–Kier alpha value is -0.610. The van der Waals surface area contributed by atoms with Gasteiger partial charge in [0.05, 0.1) is 5.54 Å². The van der Waals surface area contributed by atoms with Gasteiger partial charge in [0.1, 0.15) is 0 Å². The Balaban J connectivity index is 1.98. The van der Waals surface area contributed by atoms with E-state index in [1.807, 2.05) is 13.8 Å². The summed E-state index contributed by atoms with van der Waals surface area (Å²) in [6.07, 6.45) is 3.69. The van der Waals surface area contributed by atoms with Crippen molar-refractivity contribution in [3.63, 3.8) is 0 Å². The lowest BCUT2D eigenvalue weighted by molar-refractivity contribution is -0.123. The van der Waals surface area contributed by atoms with E-state index in [1.165, 1.54) is 19.4 Å². The fourth-order valence-corrected chi connectivity index (χ4v) is 2.79. The first-order chi connectivity index (χ1) is 7.00. The fraction of sp³-hybridized carbons (Fsp3) is 0.909. The molecular weight excluding hydrogens is 190 g/mol. The summed E-state index contributed by atoms with van der Waals surface area (Å²) in [6.45, 7) is 6.12. The van der Waals surface area contributed by atoms with Crippen molar-refractivity contribution in [3.8, 4) is 0 Å². The van der Waals surface area contributed by atoms with Crippen molar-refractivity contribution in [1.29, 1.82) is 0 Å². The van der Waals surface area contributed by atoms with E-state index in [9.17, 15) is 4.79 Å². The molecule has 2 aliphatic rings. The highest BCUT2D eigenvalue weighted by Crippen LogP contribution is 2.28. The molecule has 2 unspecified atom stereocenters. The number of nitrogens with one attached hydrogen (secondary N) is 1. The van der Waals surface area contributed by atoms with Gasteiger partial charge in [0.25, 0.3) is 0 Å². The summed E-state index contributed by atoms with van der Waals surface area (Å²) in [5.74, 6) is -0.265. The normalized spacial score (nSPS) is 31.9. The SMILES string of the molecule is CC(C)(NC1CCN2CCCC12)C(N)=O. The van der Waals surface area contributed by atoms with Gasteiger partial charge in [0, 0.05) is 18.6 Å². The minimum atomic E-state index is -0.580. The smallest absolute Gasteiger partial charge is 0.237 e. The number of nitrogens with two attached hydrogens (primary N) is 1. The molecule has 0 aromatic heterocycles. The summed E-state index contributed by atoms with van der Waals surface area (Å²) in [4.78, 5) is 13.8. The molecule has 0 aromatic carbocycles. The molecule has 0 saturated carbocycles. The molecule has 2 fully saturated rings. The second-order valence-corrected chi connectivity index (χ2v) is 5.27. The van der Waals surface area contributed by atoms with Gasteiger partial charge in [0.15, 0.2) is 0 Å². The molecule has 4 nitrogen and oxygen atoms in total. The molecule has 4 heteroatoms. The molecule has 2 heterocycles. The maximum atomic E-state index is 11.2. The summed E-state index contributed by atoms with van der Waals surface area (Å²) in [5.41, 5.74) is 4.79. The first-order valence-corrected chi connectivity index (χ1v) is 5.82. The highest BCUT2D eigenvalue weighted by Gasteiger charge is 2.40. The van der Waals surface area contributed by atoms with Gasteiger partial charge >= 0.3 is 0 Å². The van der Waals surface area contributed by atoms with Gasteiger partial charge in [-0.25, -0.2) is 0 Å². The van der Waals surface area contributed by atoms with Crippen LogP contribution in [-0.4, -0.2) is 41.5 Å². The fourth-order valence-electron chi connectivity index (χ4n) is 2.79. The van der Waals surface area contributed by atoms with Crippen LogP contribution in [0.15, 0.2) is 0 Å². The summed E-state index contributed by atoms with van der Waals surface area (Å²) in [6, 6.07) is 1.07. The number of nitrogens with zero attached hydrogens (tertiary/aromatic N) is 1. The zero-order valence-electron chi connectivity index (χ0n) is 9.62. The van der Waals surface area contributed by atoms with Crippen molar-refractivity contribution in [2.45, 2.75) is 50.7 Å². The van der Waals surface area contributed by atoms with E-state index in [-0.39, 0.29) is 5.91 Å². The Kier molecular flexibility index (Phi) is 2.73. The van der Waals surface area contributed by atoms with Gasteiger partial charge in [-0.1, -0.05) is 0 Å². The maximum absolute atomic E-state index is 11.2. The van der Waals surface area contributed by atoms with Crippen LogP contribution in [0.1, 0.15) is 33.1 Å². The Bertz CT molecular complexity index is 265. The van der Waals surface area contributed by atoms with Gasteiger partial charge in [-0.2, -0.15) is 0 Å². The number of hydrogen-bond acceptors (Lipinski definition) is 3. The molecule has 1 amide bonds. The van der Waals surface area contributed by atoms with E-state index in [0.717, 1.165) is 13.0 Å². The van der Waals surface area contributed by atoms with Gasteiger partial charge in [-0.05, 0) is 39.7 Å². The van der Waals surface area contributed by atoms with E-state index in [1.54, 1.807) is 0 Å². The van der Waals surface area contributed by atoms with Crippen molar-refractivity contribution in [2.75, 3.05) is 13.1 Å². The van der Waals surface area contributed by atoms with E-state index in [4.69, 9.17) is 5.73 Å². The Morgan fingerprint density at radius 1 is 1.40 bits per heavy atom. The Labute approximate surface area is 91.2 Å². The number of carbonyl (C=O) groups is 1. The molecule has 0 radical (unpaired) electrons. The average Bonchev–Trinajstić information content (AvgIpc) is 2.69. The zero-order chi connectivity index (χ0) is 11.1. The molecule has 15 heavy (non-hydrogen) atoms. The highest BCUT2D eigenvalue weighted by molar-refractivity contribution is 5.83. The highest BCUT2D eigenvalue weighted by atomic mass is 16.1. The first-order valence-electron chi connectivity index (χ1n) is 5.82. The second kappa shape index (κ2) is 3.76. The topological polar surface area (TPSA) is 58.4 Å². The molecular formula is C11H21N3O. The Morgan fingerprint density at radius 2 is 2.13 bits per heavy atom. The molecule has 0 bridgehead atoms. The molecule has 2 aliphatic heterocycles. The van der Waals surface area contributed by atoms with Crippen molar-refractivity contribution >= 4 is 5.91 Å². The number of primary amides is 1. The quantitative estimate of drug-likeness (QED) is 0.695. The lowest BCUT2D eigenvalue weighted by Gasteiger charge is -2.30. The monoisotopic (exact) mass is 211 g/mol. The molecule has 2 atom stereocenters. The van der Waals surface area contributed by atoms with Gasteiger partial charge in [0.2, 0.25) is 5.91 Å². The zero-order valence-corrected chi connectivity index (χ0v) is 9.62. The second-order valence-electron chi connectivity index (χ2n) is 5.27. The number of rotatable bonds is 3. The van der Waals surface area contributed by atoms with Gasteiger partial charge in [-0.15, -0.1) is 0 Å². The molecule has 2 rings (SSSR count). The third-order valence-electron chi connectivity index (χ3n) is 3.77. The number of amides is 1. The number of fused-ring (bicyclic) bond motifs is 1. The third-order valence-corrected chi connectivity index (χ3v) is 3.77. The van der Waals surface area contributed by atoms with E-state index in [0.29, 0.717) is 12.1 Å². The van der Waals surface area contributed by atoms with Crippen LogP contribution in [0.3, 0.4) is 0 Å². The third kappa shape index (κ3) is 2.01. The molecule has 3 N–H and O–H groups in total. The van der Waals surface area contributed by atoms with Crippen LogP contribution in [0.25, 0.3) is 0 Å². The standard InChI is InChI=1S/C11H21N3O/c1-11(2,10(12)15)13-8-5-7-14-6-3-4-9(8)14/h8-9,13H,3-7H2,1-2H3,(H2,12,15). The van der Waals surface area contributed by atoms with Crippen molar-refractivity contribution in [2.24, 2.45) is 5.73 Å². The van der Waals surface area contributed by atoms with E-state index in [2.05, 4.69) is 10.2 Å². The van der Waals surface area contributed by atoms with Gasteiger partial charge in [-0.3, -0.25) is 15.0 Å². The number of carbonyl (C=O) groups excluding carboxylic acids is 1. The predicted molar refractivity (Wildman–Crippen MR) is 59.4 cm³/mol. The summed E-state index contributed by atoms with van der Waals surface area (Å²) in [7, 11) is 0. The van der Waals surface area contributed by atoms with Crippen LogP contribution in [0.5, 0.6) is 0 Å². The molecule has 0 aliphatic carbocycles. The predicted octanol–water partition coefficient (Wildman–Crippen LogP) is 0.0766. The maximum Gasteiger partial charge on any atom is 0.237 e. The molecule has 2 saturated heterocycles. The largest absolute Gasteiger partial charge is 0.368 e. The lowest BCUT2D eigenvalue weighted by atomic mass is 9.99.